The molecule has 1 aliphatic rings. The van der Waals surface area contributed by atoms with Crippen LogP contribution in [0.1, 0.15) is 23.7 Å². The molecule has 0 spiro atoms. The summed E-state index contributed by atoms with van der Waals surface area (Å²) >= 11 is 3.25. The van der Waals surface area contributed by atoms with Gasteiger partial charge in [0, 0.05) is 23.0 Å². The summed E-state index contributed by atoms with van der Waals surface area (Å²) in [6.45, 7) is 3.37. The molecule has 98 valence electrons. The predicted octanol–water partition coefficient (Wildman–Crippen LogP) is 2.74. The average molecular weight is 316 g/mol. The van der Waals surface area contributed by atoms with Crippen molar-refractivity contribution in [3.63, 3.8) is 0 Å². The summed E-state index contributed by atoms with van der Waals surface area (Å²) < 4.78 is 19.0. The van der Waals surface area contributed by atoms with Crippen molar-refractivity contribution in [3.8, 4) is 0 Å². The molecular weight excluding hydrogens is 301 g/mol. The molecule has 1 aromatic carbocycles. The Kier molecular flexibility index (Phi) is 4.35. The molecule has 1 heterocycles. The minimum atomic E-state index is -0.416. The lowest BCUT2D eigenvalue weighted by atomic mass is 10.0. The lowest BCUT2D eigenvalue weighted by Gasteiger charge is -2.19. The second-order valence-corrected chi connectivity index (χ2v) is 5.36. The third kappa shape index (κ3) is 3.09. The molecule has 2 atom stereocenters. The van der Waals surface area contributed by atoms with E-state index in [9.17, 15) is 9.18 Å². The van der Waals surface area contributed by atoms with Crippen LogP contribution in [0.25, 0.3) is 0 Å². The first-order valence-corrected chi connectivity index (χ1v) is 6.71. The van der Waals surface area contributed by atoms with Gasteiger partial charge in [0.1, 0.15) is 5.82 Å². The maximum atomic E-state index is 13.1. The number of ether oxygens (including phenoxy) is 1. The third-order valence-electron chi connectivity index (χ3n) is 3.20. The first-order valence-electron chi connectivity index (χ1n) is 5.91. The van der Waals surface area contributed by atoms with E-state index in [1.165, 1.54) is 18.2 Å². The Bertz CT molecular complexity index is 447. The highest BCUT2D eigenvalue weighted by Crippen LogP contribution is 2.20. The van der Waals surface area contributed by atoms with Crippen LogP contribution in [-0.2, 0) is 4.74 Å². The summed E-state index contributed by atoms with van der Waals surface area (Å²) in [4.78, 5) is 12.0. The molecule has 1 amide bonds. The highest BCUT2D eigenvalue weighted by molar-refractivity contribution is 9.10. The Morgan fingerprint density at radius 1 is 1.61 bits per heavy atom. The van der Waals surface area contributed by atoms with E-state index in [2.05, 4.69) is 21.2 Å². The smallest absolute Gasteiger partial charge is 0.252 e. The second-order valence-electron chi connectivity index (χ2n) is 4.51. The molecule has 0 aromatic heterocycles. The number of carbonyl (C=O) groups is 1. The molecule has 18 heavy (non-hydrogen) atoms. The summed E-state index contributed by atoms with van der Waals surface area (Å²) in [6.07, 6.45) is 0.950. The first-order chi connectivity index (χ1) is 8.58. The monoisotopic (exact) mass is 315 g/mol. The molecule has 1 N–H and O–H groups in total. The van der Waals surface area contributed by atoms with E-state index in [0.29, 0.717) is 22.6 Å². The quantitative estimate of drug-likeness (QED) is 0.931. The van der Waals surface area contributed by atoms with Crippen LogP contribution >= 0.6 is 15.9 Å². The van der Waals surface area contributed by atoms with Crippen LogP contribution in [0.5, 0.6) is 0 Å². The number of carbonyl (C=O) groups excluding carboxylic acids is 1. The van der Waals surface area contributed by atoms with Crippen molar-refractivity contribution in [2.75, 3.05) is 13.2 Å². The number of hydrogen-bond donors (Lipinski definition) is 1. The predicted molar refractivity (Wildman–Crippen MR) is 70.0 cm³/mol. The topological polar surface area (TPSA) is 38.3 Å². The third-order valence-corrected chi connectivity index (χ3v) is 3.90. The first kappa shape index (κ1) is 13.5. The largest absolute Gasteiger partial charge is 0.381 e. The Morgan fingerprint density at radius 2 is 2.39 bits per heavy atom. The Hall–Kier alpha value is -0.940. The minimum Gasteiger partial charge on any atom is -0.381 e. The van der Waals surface area contributed by atoms with Gasteiger partial charge in [0.25, 0.3) is 5.91 Å². The summed E-state index contributed by atoms with van der Waals surface area (Å²) in [6, 6.07) is 4.11. The zero-order valence-electron chi connectivity index (χ0n) is 10.1. The molecule has 5 heteroatoms. The van der Waals surface area contributed by atoms with Gasteiger partial charge in [0.15, 0.2) is 0 Å². The van der Waals surface area contributed by atoms with Gasteiger partial charge in [0.05, 0.1) is 12.2 Å². The fourth-order valence-corrected chi connectivity index (χ4v) is 2.45. The summed E-state index contributed by atoms with van der Waals surface area (Å²) in [5, 5.41) is 2.89. The highest BCUT2D eigenvalue weighted by Gasteiger charge is 2.24. The number of amides is 1. The Labute approximate surface area is 114 Å². The van der Waals surface area contributed by atoms with E-state index in [-0.39, 0.29) is 11.9 Å². The molecule has 1 fully saturated rings. The normalized spacial score (nSPS) is 20.7. The number of rotatable bonds is 3. The molecule has 0 saturated carbocycles. The number of halogens is 2. The second kappa shape index (κ2) is 5.80. The lowest BCUT2D eigenvalue weighted by Crippen LogP contribution is -2.38. The van der Waals surface area contributed by atoms with E-state index in [1.807, 2.05) is 6.92 Å². The molecular formula is C13H15BrFNO2. The summed E-state index contributed by atoms with van der Waals surface area (Å²) in [7, 11) is 0. The molecule has 1 aliphatic heterocycles. The van der Waals surface area contributed by atoms with Crippen LogP contribution < -0.4 is 5.32 Å². The van der Waals surface area contributed by atoms with Gasteiger partial charge in [-0.3, -0.25) is 4.79 Å². The van der Waals surface area contributed by atoms with Gasteiger partial charge in [0.2, 0.25) is 0 Å². The molecule has 0 aliphatic carbocycles. The Balaban J connectivity index is 2.04. The van der Waals surface area contributed by atoms with E-state index < -0.39 is 5.82 Å². The molecule has 0 bridgehead atoms. The van der Waals surface area contributed by atoms with Crippen LogP contribution in [-0.4, -0.2) is 25.2 Å². The van der Waals surface area contributed by atoms with E-state index in [0.717, 1.165) is 13.0 Å². The molecule has 0 radical (unpaired) electrons. The lowest BCUT2D eigenvalue weighted by molar-refractivity contribution is 0.0921. The van der Waals surface area contributed by atoms with Gasteiger partial charge in [-0.25, -0.2) is 4.39 Å². The van der Waals surface area contributed by atoms with Crippen molar-refractivity contribution in [2.24, 2.45) is 5.92 Å². The standard InChI is InChI=1S/C13H15BrFNO2/c1-8(9-4-5-18-7-9)16-13(17)11-6-10(15)2-3-12(11)14/h2-3,6,8-9H,4-5,7H2,1H3,(H,16,17). The van der Waals surface area contributed by atoms with Crippen LogP contribution in [0.3, 0.4) is 0 Å². The maximum Gasteiger partial charge on any atom is 0.252 e. The van der Waals surface area contributed by atoms with Crippen LogP contribution in [0.4, 0.5) is 4.39 Å². The number of nitrogens with one attached hydrogen (secondary N) is 1. The minimum absolute atomic E-state index is 0.0233. The zero-order valence-corrected chi connectivity index (χ0v) is 11.7. The van der Waals surface area contributed by atoms with Gasteiger partial charge in [-0.15, -0.1) is 0 Å². The molecule has 2 rings (SSSR count). The molecule has 2 unspecified atom stereocenters. The van der Waals surface area contributed by atoms with Gasteiger partial charge in [-0.05, 0) is 47.5 Å². The average Bonchev–Trinajstić information content (AvgIpc) is 2.85. The summed E-state index contributed by atoms with van der Waals surface area (Å²) in [5.41, 5.74) is 0.320. The van der Waals surface area contributed by atoms with Crippen LogP contribution in [0, 0.1) is 11.7 Å². The SMILES string of the molecule is CC(NC(=O)c1cc(F)ccc1Br)C1CCOC1. The van der Waals surface area contributed by atoms with Crippen molar-refractivity contribution in [1.82, 2.24) is 5.32 Å². The van der Waals surface area contributed by atoms with Crippen LogP contribution in [0.2, 0.25) is 0 Å². The maximum absolute atomic E-state index is 13.1. The van der Waals surface area contributed by atoms with Gasteiger partial charge in [-0.2, -0.15) is 0 Å². The van der Waals surface area contributed by atoms with E-state index in [4.69, 9.17) is 4.74 Å². The van der Waals surface area contributed by atoms with Crippen molar-refractivity contribution in [3.05, 3.63) is 34.1 Å². The van der Waals surface area contributed by atoms with Crippen molar-refractivity contribution < 1.29 is 13.9 Å². The summed E-state index contributed by atoms with van der Waals surface area (Å²) in [5.74, 6) is -0.345. The van der Waals surface area contributed by atoms with Gasteiger partial charge >= 0.3 is 0 Å². The van der Waals surface area contributed by atoms with E-state index in [1.54, 1.807) is 0 Å². The molecule has 1 saturated heterocycles. The van der Waals surface area contributed by atoms with Crippen molar-refractivity contribution in [1.29, 1.82) is 0 Å². The molecule has 3 nitrogen and oxygen atoms in total. The highest BCUT2D eigenvalue weighted by atomic mass is 79.9. The van der Waals surface area contributed by atoms with E-state index >= 15 is 0 Å². The van der Waals surface area contributed by atoms with Crippen molar-refractivity contribution in [2.45, 2.75) is 19.4 Å². The van der Waals surface area contributed by atoms with Gasteiger partial charge in [-0.1, -0.05) is 0 Å². The fourth-order valence-electron chi connectivity index (χ4n) is 2.02. The van der Waals surface area contributed by atoms with Crippen molar-refractivity contribution >= 4 is 21.8 Å². The molecule has 1 aromatic rings. The number of benzene rings is 1. The zero-order chi connectivity index (χ0) is 13.1. The Morgan fingerprint density at radius 3 is 3.06 bits per heavy atom. The van der Waals surface area contributed by atoms with Crippen LogP contribution in [0.15, 0.2) is 22.7 Å². The fraction of sp³-hybridized carbons (Fsp3) is 0.462. The number of hydrogen-bond acceptors (Lipinski definition) is 2. The van der Waals surface area contributed by atoms with Gasteiger partial charge < -0.3 is 10.1 Å².